The van der Waals surface area contributed by atoms with E-state index in [9.17, 15) is 9.90 Å². The Morgan fingerprint density at radius 2 is 2.33 bits per heavy atom. The van der Waals surface area contributed by atoms with Crippen LogP contribution in [0, 0.1) is 5.41 Å². The maximum Gasteiger partial charge on any atom is 0.309 e. The van der Waals surface area contributed by atoms with Gasteiger partial charge in [-0.3, -0.25) is 4.79 Å². The Labute approximate surface area is 102 Å². The van der Waals surface area contributed by atoms with Crippen molar-refractivity contribution >= 4 is 33.2 Å². The second kappa shape index (κ2) is 5.12. The molecule has 0 saturated heterocycles. The number of thiophene rings is 1. The van der Waals surface area contributed by atoms with E-state index in [0.717, 1.165) is 22.2 Å². The molecular formula is C11H15BrO2S. The summed E-state index contributed by atoms with van der Waals surface area (Å²) < 4.78 is 1.03. The first-order valence-electron chi connectivity index (χ1n) is 4.94. The van der Waals surface area contributed by atoms with Gasteiger partial charge >= 0.3 is 5.97 Å². The molecule has 1 aromatic rings. The van der Waals surface area contributed by atoms with Crippen molar-refractivity contribution < 1.29 is 9.90 Å². The molecule has 0 amide bonds. The van der Waals surface area contributed by atoms with Crippen LogP contribution >= 0.6 is 27.3 Å². The van der Waals surface area contributed by atoms with E-state index >= 15 is 0 Å². The normalized spacial score (nSPS) is 14.9. The Bertz CT molecular complexity index is 348. The van der Waals surface area contributed by atoms with Gasteiger partial charge in [0.2, 0.25) is 0 Å². The second-order valence-electron chi connectivity index (χ2n) is 4.02. The fourth-order valence-corrected chi connectivity index (χ4v) is 3.29. The number of aliphatic carboxylic acids is 1. The summed E-state index contributed by atoms with van der Waals surface area (Å²) in [7, 11) is 0. The molecular weight excluding hydrogens is 276 g/mol. The molecule has 4 heteroatoms. The lowest BCUT2D eigenvalue weighted by atomic mass is 9.82. The van der Waals surface area contributed by atoms with Gasteiger partial charge in [-0.25, -0.2) is 0 Å². The predicted molar refractivity (Wildman–Crippen MR) is 66.4 cm³/mol. The lowest BCUT2D eigenvalue weighted by Crippen LogP contribution is -2.29. The monoisotopic (exact) mass is 290 g/mol. The Morgan fingerprint density at radius 1 is 1.67 bits per heavy atom. The highest BCUT2D eigenvalue weighted by atomic mass is 79.9. The zero-order valence-electron chi connectivity index (χ0n) is 8.92. The fraction of sp³-hybridized carbons (Fsp3) is 0.545. The average molecular weight is 291 g/mol. The number of rotatable bonds is 5. The highest BCUT2D eigenvalue weighted by Crippen LogP contribution is 2.32. The lowest BCUT2D eigenvalue weighted by Gasteiger charge is -2.23. The van der Waals surface area contributed by atoms with Crippen LogP contribution in [-0.2, 0) is 11.2 Å². The van der Waals surface area contributed by atoms with E-state index in [0.29, 0.717) is 6.42 Å². The molecule has 1 unspecified atom stereocenters. The molecule has 84 valence electrons. The fourth-order valence-electron chi connectivity index (χ4n) is 1.65. The first-order valence-corrected chi connectivity index (χ1v) is 6.61. The van der Waals surface area contributed by atoms with Crippen molar-refractivity contribution in [3.8, 4) is 0 Å². The Balaban J connectivity index is 2.79. The summed E-state index contributed by atoms with van der Waals surface area (Å²) in [5.74, 6) is -0.700. The number of hydrogen-bond donors (Lipinski definition) is 1. The van der Waals surface area contributed by atoms with Crippen LogP contribution in [0.2, 0.25) is 0 Å². The third-order valence-corrected chi connectivity index (χ3v) is 4.20. The standard InChI is InChI=1S/C11H15BrO2S/c1-3-4-11(2,10(13)14)6-9-5-8(12)7-15-9/h5,7H,3-4,6H2,1-2H3,(H,13,14). The summed E-state index contributed by atoms with van der Waals surface area (Å²) >= 11 is 4.99. The highest BCUT2D eigenvalue weighted by molar-refractivity contribution is 9.10. The van der Waals surface area contributed by atoms with Crippen molar-refractivity contribution in [2.24, 2.45) is 5.41 Å². The average Bonchev–Trinajstić information content (AvgIpc) is 2.51. The minimum Gasteiger partial charge on any atom is -0.481 e. The molecule has 0 spiro atoms. The van der Waals surface area contributed by atoms with E-state index in [2.05, 4.69) is 15.9 Å². The largest absolute Gasteiger partial charge is 0.481 e. The quantitative estimate of drug-likeness (QED) is 0.892. The van der Waals surface area contributed by atoms with Gasteiger partial charge in [0.15, 0.2) is 0 Å². The van der Waals surface area contributed by atoms with Crippen molar-refractivity contribution in [3.63, 3.8) is 0 Å². The number of carboxylic acids is 1. The number of carboxylic acid groups (broad SMARTS) is 1. The Morgan fingerprint density at radius 3 is 2.73 bits per heavy atom. The van der Waals surface area contributed by atoms with E-state index < -0.39 is 11.4 Å². The van der Waals surface area contributed by atoms with Gasteiger partial charge in [0, 0.05) is 14.7 Å². The van der Waals surface area contributed by atoms with Crippen LogP contribution in [0.15, 0.2) is 15.9 Å². The SMILES string of the molecule is CCCC(C)(Cc1cc(Br)cs1)C(=O)O. The molecule has 1 rings (SSSR count). The summed E-state index contributed by atoms with van der Waals surface area (Å²) in [6.07, 6.45) is 2.24. The minimum atomic E-state index is -0.700. The number of carbonyl (C=O) groups is 1. The molecule has 0 saturated carbocycles. The van der Waals surface area contributed by atoms with Gasteiger partial charge in [0.1, 0.15) is 0 Å². The third kappa shape index (κ3) is 3.31. The zero-order chi connectivity index (χ0) is 11.5. The number of halogens is 1. The van der Waals surface area contributed by atoms with Gasteiger partial charge in [-0.2, -0.15) is 0 Å². The van der Waals surface area contributed by atoms with Gasteiger partial charge in [0.05, 0.1) is 5.41 Å². The number of hydrogen-bond acceptors (Lipinski definition) is 2. The maximum absolute atomic E-state index is 11.2. The summed E-state index contributed by atoms with van der Waals surface area (Å²) in [5.41, 5.74) is -0.626. The van der Waals surface area contributed by atoms with E-state index in [1.54, 1.807) is 11.3 Å². The van der Waals surface area contributed by atoms with E-state index in [1.807, 2.05) is 25.3 Å². The summed E-state index contributed by atoms with van der Waals surface area (Å²) in [6, 6.07) is 2.00. The molecule has 15 heavy (non-hydrogen) atoms. The molecule has 0 aliphatic rings. The molecule has 0 fully saturated rings. The van der Waals surface area contributed by atoms with Crippen molar-refractivity contribution in [1.82, 2.24) is 0 Å². The van der Waals surface area contributed by atoms with E-state index in [4.69, 9.17) is 0 Å². The van der Waals surface area contributed by atoms with Crippen molar-refractivity contribution in [1.29, 1.82) is 0 Å². The summed E-state index contributed by atoms with van der Waals surface area (Å²) in [5, 5.41) is 11.2. The van der Waals surface area contributed by atoms with Crippen LogP contribution < -0.4 is 0 Å². The molecule has 0 aliphatic carbocycles. The Hall–Kier alpha value is -0.350. The van der Waals surface area contributed by atoms with Crippen molar-refractivity contribution in [3.05, 3.63) is 20.8 Å². The lowest BCUT2D eigenvalue weighted by molar-refractivity contribution is -0.148. The zero-order valence-corrected chi connectivity index (χ0v) is 11.3. The molecule has 0 bridgehead atoms. The summed E-state index contributed by atoms with van der Waals surface area (Å²) in [4.78, 5) is 12.3. The van der Waals surface area contributed by atoms with Crippen molar-refractivity contribution in [2.45, 2.75) is 33.1 Å². The van der Waals surface area contributed by atoms with Crippen LogP contribution in [0.1, 0.15) is 31.6 Å². The van der Waals surface area contributed by atoms with Crippen LogP contribution in [0.25, 0.3) is 0 Å². The Kier molecular flexibility index (Phi) is 4.34. The van der Waals surface area contributed by atoms with Gasteiger partial charge in [-0.1, -0.05) is 13.3 Å². The molecule has 0 aliphatic heterocycles. The van der Waals surface area contributed by atoms with Gasteiger partial charge in [-0.05, 0) is 41.8 Å². The molecule has 1 N–H and O–H groups in total. The van der Waals surface area contributed by atoms with Crippen LogP contribution in [-0.4, -0.2) is 11.1 Å². The first-order chi connectivity index (χ1) is 6.98. The highest BCUT2D eigenvalue weighted by Gasteiger charge is 2.32. The van der Waals surface area contributed by atoms with E-state index in [1.165, 1.54) is 0 Å². The van der Waals surface area contributed by atoms with Gasteiger partial charge in [0.25, 0.3) is 0 Å². The molecule has 0 aromatic carbocycles. The smallest absolute Gasteiger partial charge is 0.309 e. The summed E-state index contributed by atoms with van der Waals surface area (Å²) in [6.45, 7) is 3.85. The van der Waals surface area contributed by atoms with Crippen LogP contribution in [0.5, 0.6) is 0 Å². The third-order valence-electron chi connectivity index (χ3n) is 2.50. The van der Waals surface area contributed by atoms with Crippen molar-refractivity contribution in [2.75, 3.05) is 0 Å². The molecule has 0 radical (unpaired) electrons. The van der Waals surface area contributed by atoms with Gasteiger partial charge in [-0.15, -0.1) is 11.3 Å². The molecule has 2 nitrogen and oxygen atoms in total. The molecule has 1 aromatic heterocycles. The minimum absolute atomic E-state index is 0.617. The topological polar surface area (TPSA) is 37.3 Å². The van der Waals surface area contributed by atoms with Crippen LogP contribution in [0.3, 0.4) is 0 Å². The first kappa shape index (κ1) is 12.7. The van der Waals surface area contributed by atoms with E-state index in [-0.39, 0.29) is 0 Å². The van der Waals surface area contributed by atoms with Crippen LogP contribution in [0.4, 0.5) is 0 Å². The van der Waals surface area contributed by atoms with Gasteiger partial charge < -0.3 is 5.11 Å². The molecule has 1 atom stereocenters. The predicted octanol–water partition coefficient (Wildman–Crippen LogP) is 3.94. The molecule has 1 heterocycles. The maximum atomic E-state index is 11.2. The second-order valence-corrected chi connectivity index (χ2v) is 5.94.